The van der Waals surface area contributed by atoms with Crippen LogP contribution in [0.1, 0.15) is 78.6 Å². The van der Waals surface area contributed by atoms with E-state index in [9.17, 15) is 0 Å². The summed E-state index contributed by atoms with van der Waals surface area (Å²) >= 11 is 0. The van der Waals surface area contributed by atoms with Crippen LogP contribution in [-0.2, 0) is 0 Å². The Morgan fingerprint density at radius 3 is 2.29 bits per heavy atom. The molecule has 1 aliphatic carbocycles. The number of rotatable bonds is 7. The van der Waals surface area contributed by atoms with Gasteiger partial charge in [0.1, 0.15) is 0 Å². The molecule has 0 bridgehead atoms. The van der Waals surface area contributed by atoms with E-state index in [1.54, 1.807) is 0 Å². The van der Waals surface area contributed by atoms with Crippen molar-refractivity contribution in [3.63, 3.8) is 0 Å². The highest BCUT2D eigenvalue weighted by Crippen LogP contribution is 2.33. The summed E-state index contributed by atoms with van der Waals surface area (Å²) in [5, 5.41) is 3.86. The van der Waals surface area contributed by atoms with Crippen LogP contribution >= 0.6 is 0 Å². The molecule has 0 radical (unpaired) electrons. The SMILES string of the molecule is CCCNC1CCC(CC)CC1N1CCC(CCC)CC1. The van der Waals surface area contributed by atoms with E-state index in [4.69, 9.17) is 0 Å². The van der Waals surface area contributed by atoms with E-state index in [0.717, 1.165) is 23.9 Å². The minimum atomic E-state index is 0.760. The van der Waals surface area contributed by atoms with Gasteiger partial charge in [-0.05, 0) is 70.0 Å². The lowest BCUT2D eigenvalue weighted by atomic mass is 9.79. The zero-order valence-electron chi connectivity index (χ0n) is 14.7. The van der Waals surface area contributed by atoms with Crippen LogP contribution in [0, 0.1) is 11.8 Å². The van der Waals surface area contributed by atoms with Crippen molar-refractivity contribution >= 4 is 0 Å². The largest absolute Gasteiger partial charge is 0.312 e. The lowest BCUT2D eigenvalue weighted by Crippen LogP contribution is -2.55. The van der Waals surface area contributed by atoms with Gasteiger partial charge in [-0.1, -0.05) is 40.0 Å². The first kappa shape index (κ1) is 17.3. The van der Waals surface area contributed by atoms with E-state index < -0.39 is 0 Å². The molecule has 2 rings (SSSR count). The summed E-state index contributed by atoms with van der Waals surface area (Å²) in [6.07, 6.45) is 12.6. The third kappa shape index (κ3) is 4.96. The Kier molecular flexibility index (Phi) is 7.53. The maximum absolute atomic E-state index is 3.86. The van der Waals surface area contributed by atoms with Gasteiger partial charge < -0.3 is 5.32 Å². The topological polar surface area (TPSA) is 15.3 Å². The second-order valence-corrected chi connectivity index (χ2v) is 7.48. The summed E-state index contributed by atoms with van der Waals surface area (Å²) in [5.41, 5.74) is 0. The Balaban J connectivity index is 1.89. The number of hydrogen-bond acceptors (Lipinski definition) is 2. The quantitative estimate of drug-likeness (QED) is 0.746. The number of nitrogens with zero attached hydrogens (tertiary/aromatic N) is 1. The van der Waals surface area contributed by atoms with Gasteiger partial charge in [0.2, 0.25) is 0 Å². The van der Waals surface area contributed by atoms with Gasteiger partial charge in [-0.2, -0.15) is 0 Å². The van der Waals surface area contributed by atoms with Crippen molar-refractivity contribution in [1.29, 1.82) is 0 Å². The van der Waals surface area contributed by atoms with E-state index in [1.807, 2.05) is 0 Å². The fourth-order valence-corrected chi connectivity index (χ4v) is 4.55. The average molecular weight is 295 g/mol. The average Bonchev–Trinajstić information content (AvgIpc) is 2.54. The highest BCUT2D eigenvalue weighted by atomic mass is 15.2. The minimum Gasteiger partial charge on any atom is -0.312 e. The second-order valence-electron chi connectivity index (χ2n) is 7.48. The van der Waals surface area contributed by atoms with Crippen LogP contribution in [0.4, 0.5) is 0 Å². The van der Waals surface area contributed by atoms with Crippen molar-refractivity contribution in [1.82, 2.24) is 10.2 Å². The smallest absolute Gasteiger partial charge is 0.0251 e. The third-order valence-electron chi connectivity index (χ3n) is 5.97. The molecule has 124 valence electrons. The predicted octanol–water partition coefficient (Wildman–Crippen LogP) is 4.45. The van der Waals surface area contributed by atoms with Crippen LogP contribution in [0.25, 0.3) is 0 Å². The van der Waals surface area contributed by atoms with Crippen LogP contribution < -0.4 is 5.32 Å². The minimum absolute atomic E-state index is 0.760. The molecule has 2 heteroatoms. The van der Waals surface area contributed by atoms with Crippen LogP contribution in [0.2, 0.25) is 0 Å². The summed E-state index contributed by atoms with van der Waals surface area (Å²) in [7, 11) is 0. The molecule has 0 spiro atoms. The third-order valence-corrected chi connectivity index (χ3v) is 5.97. The first-order valence-electron chi connectivity index (χ1n) is 9.75. The van der Waals surface area contributed by atoms with Crippen molar-refractivity contribution in [3.8, 4) is 0 Å². The second kappa shape index (κ2) is 9.15. The Morgan fingerprint density at radius 1 is 0.905 bits per heavy atom. The van der Waals surface area contributed by atoms with Gasteiger partial charge in [-0.25, -0.2) is 0 Å². The fourth-order valence-electron chi connectivity index (χ4n) is 4.55. The summed E-state index contributed by atoms with van der Waals surface area (Å²) in [6, 6.07) is 1.58. The maximum Gasteiger partial charge on any atom is 0.0251 e. The molecular weight excluding hydrogens is 256 g/mol. The molecule has 1 saturated heterocycles. The summed E-state index contributed by atoms with van der Waals surface area (Å²) in [5.74, 6) is 1.99. The Morgan fingerprint density at radius 2 is 1.67 bits per heavy atom. The van der Waals surface area contributed by atoms with Crippen molar-refractivity contribution in [3.05, 3.63) is 0 Å². The van der Waals surface area contributed by atoms with Gasteiger partial charge in [0, 0.05) is 12.1 Å². The number of hydrogen-bond donors (Lipinski definition) is 1. The van der Waals surface area contributed by atoms with Crippen LogP contribution in [-0.4, -0.2) is 36.6 Å². The first-order chi connectivity index (χ1) is 10.3. The number of piperidine rings is 1. The lowest BCUT2D eigenvalue weighted by Gasteiger charge is -2.45. The predicted molar refractivity (Wildman–Crippen MR) is 92.7 cm³/mol. The molecular formula is C19H38N2. The van der Waals surface area contributed by atoms with Gasteiger partial charge in [-0.15, -0.1) is 0 Å². The molecule has 1 N–H and O–H groups in total. The van der Waals surface area contributed by atoms with E-state index in [0.29, 0.717) is 0 Å². The van der Waals surface area contributed by atoms with Crippen molar-refractivity contribution in [2.75, 3.05) is 19.6 Å². The Labute approximate surface area is 133 Å². The van der Waals surface area contributed by atoms with E-state index in [-0.39, 0.29) is 0 Å². The van der Waals surface area contributed by atoms with Crippen LogP contribution in [0.3, 0.4) is 0 Å². The van der Waals surface area contributed by atoms with Crippen molar-refractivity contribution in [2.24, 2.45) is 11.8 Å². The molecule has 1 aliphatic heterocycles. The molecule has 2 fully saturated rings. The molecule has 1 heterocycles. The molecule has 2 nitrogen and oxygen atoms in total. The summed E-state index contributed by atoms with van der Waals surface area (Å²) in [6.45, 7) is 10.9. The first-order valence-corrected chi connectivity index (χ1v) is 9.75. The van der Waals surface area contributed by atoms with E-state index >= 15 is 0 Å². The monoisotopic (exact) mass is 294 g/mol. The Hall–Kier alpha value is -0.0800. The van der Waals surface area contributed by atoms with Gasteiger partial charge >= 0.3 is 0 Å². The van der Waals surface area contributed by atoms with Gasteiger partial charge in [0.15, 0.2) is 0 Å². The Bertz CT molecular complexity index is 271. The molecule has 0 amide bonds. The molecule has 0 aromatic rings. The molecule has 3 atom stereocenters. The van der Waals surface area contributed by atoms with E-state index in [1.165, 1.54) is 77.4 Å². The van der Waals surface area contributed by atoms with Crippen LogP contribution in [0.15, 0.2) is 0 Å². The summed E-state index contributed by atoms with van der Waals surface area (Å²) in [4.78, 5) is 2.85. The van der Waals surface area contributed by atoms with Gasteiger partial charge in [-0.3, -0.25) is 4.90 Å². The number of likely N-dealkylation sites (tertiary alicyclic amines) is 1. The zero-order valence-corrected chi connectivity index (χ0v) is 14.7. The van der Waals surface area contributed by atoms with E-state index in [2.05, 4.69) is 31.0 Å². The fraction of sp³-hybridized carbons (Fsp3) is 1.00. The molecule has 2 aliphatic rings. The maximum atomic E-state index is 3.86. The standard InChI is InChI=1S/C19H38N2/c1-4-7-17-10-13-21(14-11-17)19-15-16(6-3)8-9-18(19)20-12-5-2/h16-20H,4-15H2,1-3H3. The van der Waals surface area contributed by atoms with Crippen LogP contribution in [0.5, 0.6) is 0 Å². The van der Waals surface area contributed by atoms with Crippen molar-refractivity contribution in [2.45, 2.75) is 90.6 Å². The van der Waals surface area contributed by atoms with Gasteiger partial charge in [0.05, 0.1) is 0 Å². The molecule has 21 heavy (non-hydrogen) atoms. The normalized spacial score (nSPS) is 32.4. The lowest BCUT2D eigenvalue weighted by molar-refractivity contribution is 0.0627. The zero-order chi connectivity index (χ0) is 15.1. The summed E-state index contributed by atoms with van der Waals surface area (Å²) < 4.78 is 0. The van der Waals surface area contributed by atoms with Crippen molar-refractivity contribution < 1.29 is 0 Å². The number of nitrogens with one attached hydrogen (secondary N) is 1. The molecule has 1 saturated carbocycles. The molecule has 3 unspecified atom stereocenters. The molecule has 0 aromatic carbocycles. The highest BCUT2D eigenvalue weighted by molar-refractivity contribution is 4.92. The molecule has 0 aromatic heterocycles. The highest BCUT2D eigenvalue weighted by Gasteiger charge is 2.34. The van der Waals surface area contributed by atoms with Gasteiger partial charge in [0.25, 0.3) is 0 Å².